The van der Waals surface area contributed by atoms with Gasteiger partial charge in [-0.25, -0.2) is 4.98 Å². The monoisotopic (exact) mass is 411 g/mol. The van der Waals surface area contributed by atoms with Gasteiger partial charge in [-0.15, -0.1) is 0 Å². The first-order valence-electron chi connectivity index (χ1n) is 11.2. The molecule has 3 nitrogen and oxygen atoms in total. The summed E-state index contributed by atoms with van der Waals surface area (Å²) in [5.74, 6) is 1.75. The van der Waals surface area contributed by atoms with Crippen LogP contribution >= 0.6 is 0 Å². The number of imidazole rings is 1. The maximum absolute atomic E-state index is 4.70. The molecule has 2 aromatic carbocycles. The van der Waals surface area contributed by atoms with Crippen molar-refractivity contribution in [3.63, 3.8) is 0 Å². The third-order valence-electron chi connectivity index (χ3n) is 5.34. The first-order chi connectivity index (χ1) is 15.1. The van der Waals surface area contributed by atoms with Crippen LogP contribution in [0.5, 0.6) is 0 Å². The van der Waals surface area contributed by atoms with Gasteiger partial charge in [-0.3, -0.25) is 9.55 Å². The summed E-state index contributed by atoms with van der Waals surface area (Å²) >= 11 is 0. The van der Waals surface area contributed by atoms with Crippen LogP contribution in [0.25, 0.3) is 28.2 Å². The van der Waals surface area contributed by atoms with E-state index >= 15 is 0 Å². The molecule has 0 aliphatic heterocycles. The highest BCUT2D eigenvalue weighted by atomic mass is 15.1. The Hall–Kier alpha value is -3.20. The Morgan fingerprint density at radius 2 is 1.26 bits per heavy atom. The Balaban J connectivity index is 0.00000132. The van der Waals surface area contributed by atoms with E-state index in [9.17, 15) is 0 Å². The third kappa shape index (κ3) is 4.77. The summed E-state index contributed by atoms with van der Waals surface area (Å²) in [4.78, 5) is 8.88. The highest BCUT2D eigenvalue weighted by Gasteiger charge is 2.20. The molecule has 0 unspecified atom stereocenters. The molecule has 4 aromatic rings. The molecule has 0 spiro atoms. The lowest BCUT2D eigenvalue weighted by atomic mass is 9.88. The van der Waals surface area contributed by atoms with Gasteiger partial charge in [0.15, 0.2) is 0 Å². The van der Waals surface area contributed by atoms with Crippen LogP contribution in [0.15, 0.2) is 79.4 Å². The number of hydrogen-bond donors (Lipinski definition) is 0. The second-order valence-electron chi connectivity index (χ2n) is 8.04. The van der Waals surface area contributed by atoms with E-state index in [-0.39, 0.29) is 0 Å². The predicted molar refractivity (Wildman–Crippen MR) is 132 cm³/mol. The Bertz CT molecular complexity index is 1060. The molecule has 2 aromatic heterocycles. The molecule has 0 saturated carbocycles. The largest absolute Gasteiger partial charge is 0.299 e. The molecule has 2 heterocycles. The van der Waals surface area contributed by atoms with Crippen molar-refractivity contribution in [1.29, 1.82) is 0 Å². The Labute approximate surface area is 186 Å². The molecule has 0 N–H and O–H groups in total. The van der Waals surface area contributed by atoms with E-state index < -0.39 is 0 Å². The van der Waals surface area contributed by atoms with E-state index in [2.05, 4.69) is 92.0 Å². The van der Waals surface area contributed by atoms with Crippen LogP contribution in [0.4, 0.5) is 0 Å². The topological polar surface area (TPSA) is 30.7 Å². The zero-order valence-corrected chi connectivity index (χ0v) is 19.5. The highest BCUT2D eigenvalue weighted by molar-refractivity contribution is 5.71. The smallest absolute Gasteiger partial charge is 0.144 e. The highest BCUT2D eigenvalue weighted by Crippen LogP contribution is 2.37. The third-order valence-corrected chi connectivity index (χ3v) is 5.34. The van der Waals surface area contributed by atoms with Crippen molar-refractivity contribution in [2.75, 3.05) is 0 Å². The summed E-state index contributed by atoms with van der Waals surface area (Å²) in [6.45, 7) is 13.0. The number of nitrogens with zero attached hydrogens (tertiary/aromatic N) is 3. The Morgan fingerprint density at radius 3 is 1.81 bits per heavy atom. The molecule has 0 atom stereocenters. The minimum absolute atomic E-state index is 0.385. The van der Waals surface area contributed by atoms with Crippen LogP contribution < -0.4 is 0 Å². The van der Waals surface area contributed by atoms with Gasteiger partial charge in [0.05, 0.1) is 5.69 Å². The lowest BCUT2D eigenvalue weighted by Gasteiger charge is -2.23. The number of benzene rings is 2. The van der Waals surface area contributed by atoms with Gasteiger partial charge in [0.1, 0.15) is 5.82 Å². The fourth-order valence-electron chi connectivity index (χ4n) is 3.83. The van der Waals surface area contributed by atoms with Gasteiger partial charge in [-0.2, -0.15) is 0 Å². The van der Waals surface area contributed by atoms with Gasteiger partial charge in [0.25, 0.3) is 0 Å². The van der Waals surface area contributed by atoms with Crippen molar-refractivity contribution in [1.82, 2.24) is 14.5 Å². The summed E-state index contributed by atoms with van der Waals surface area (Å²) in [6, 6.07) is 19.2. The van der Waals surface area contributed by atoms with Crippen molar-refractivity contribution < 1.29 is 0 Å². The number of aromatic nitrogens is 3. The molecule has 0 bridgehead atoms. The van der Waals surface area contributed by atoms with Crippen LogP contribution in [-0.4, -0.2) is 14.5 Å². The lowest BCUT2D eigenvalue weighted by molar-refractivity contribution is 0.807. The van der Waals surface area contributed by atoms with Gasteiger partial charge in [-0.1, -0.05) is 71.9 Å². The summed E-state index contributed by atoms with van der Waals surface area (Å²) in [5, 5.41) is 0. The quantitative estimate of drug-likeness (QED) is 0.334. The van der Waals surface area contributed by atoms with E-state index in [1.54, 1.807) is 0 Å². The zero-order valence-electron chi connectivity index (χ0n) is 19.5. The van der Waals surface area contributed by atoms with Gasteiger partial charge in [-0.05, 0) is 58.4 Å². The second kappa shape index (κ2) is 10.2. The number of hydrogen-bond acceptors (Lipinski definition) is 2. The van der Waals surface area contributed by atoms with Gasteiger partial charge >= 0.3 is 0 Å². The van der Waals surface area contributed by atoms with Crippen molar-refractivity contribution in [2.45, 2.75) is 53.4 Å². The van der Waals surface area contributed by atoms with Crippen molar-refractivity contribution in [3.8, 4) is 28.2 Å². The number of pyridine rings is 1. The van der Waals surface area contributed by atoms with Gasteiger partial charge in [0, 0.05) is 30.4 Å². The van der Waals surface area contributed by atoms with Crippen LogP contribution in [0.3, 0.4) is 0 Å². The van der Waals surface area contributed by atoms with E-state index in [1.165, 1.54) is 27.9 Å². The normalized spacial score (nSPS) is 10.8. The van der Waals surface area contributed by atoms with Crippen LogP contribution in [0, 0.1) is 0 Å². The Morgan fingerprint density at radius 1 is 0.677 bits per heavy atom. The van der Waals surface area contributed by atoms with Crippen LogP contribution in [0.2, 0.25) is 0 Å². The molecule has 0 saturated heterocycles. The molecule has 3 heteroatoms. The first-order valence-corrected chi connectivity index (χ1v) is 11.2. The molecule has 160 valence electrons. The molecule has 0 fully saturated rings. The van der Waals surface area contributed by atoms with Crippen molar-refractivity contribution >= 4 is 0 Å². The average Bonchev–Trinajstić information content (AvgIpc) is 3.30. The zero-order chi connectivity index (χ0) is 22.4. The molecule has 0 aliphatic rings. The van der Waals surface area contributed by atoms with Crippen LogP contribution in [0.1, 0.15) is 64.5 Å². The van der Waals surface area contributed by atoms with Gasteiger partial charge < -0.3 is 0 Å². The number of rotatable bonds is 5. The second-order valence-corrected chi connectivity index (χ2v) is 8.04. The minimum Gasteiger partial charge on any atom is -0.299 e. The molecular weight excluding hydrogens is 378 g/mol. The summed E-state index contributed by atoms with van der Waals surface area (Å²) in [7, 11) is 0. The van der Waals surface area contributed by atoms with Crippen LogP contribution in [-0.2, 0) is 0 Å². The molecule has 0 amide bonds. The molecule has 0 aliphatic carbocycles. The standard InChI is InChI=1S/C26H27N3.C2H6/c1-18(2)23-16-22(20-10-12-27-13-11-20)17-24(19(3)4)25(23)29-15-14-28-26(29)21-8-6-5-7-9-21;1-2/h5-19H,1-4H3;1-2H3. The Kier molecular flexibility index (Phi) is 7.41. The predicted octanol–water partition coefficient (Wildman–Crippen LogP) is 7.87. The fourth-order valence-corrected chi connectivity index (χ4v) is 3.83. The van der Waals surface area contributed by atoms with E-state index in [4.69, 9.17) is 4.98 Å². The van der Waals surface area contributed by atoms with Crippen molar-refractivity contribution in [2.24, 2.45) is 0 Å². The molecule has 0 radical (unpaired) electrons. The summed E-state index contributed by atoms with van der Waals surface area (Å²) in [6.07, 6.45) is 7.70. The first kappa shape index (κ1) is 22.5. The fraction of sp³-hybridized carbons (Fsp3) is 0.286. The molecule has 31 heavy (non-hydrogen) atoms. The van der Waals surface area contributed by atoms with Gasteiger partial charge in [0.2, 0.25) is 0 Å². The van der Waals surface area contributed by atoms with Crippen molar-refractivity contribution in [3.05, 3.63) is 90.5 Å². The van der Waals surface area contributed by atoms with E-state index in [0.29, 0.717) is 11.8 Å². The summed E-state index contributed by atoms with van der Waals surface area (Å²) < 4.78 is 2.26. The molecular formula is C28H33N3. The lowest BCUT2D eigenvalue weighted by Crippen LogP contribution is -2.08. The average molecular weight is 412 g/mol. The van der Waals surface area contributed by atoms with E-state index in [0.717, 1.165) is 11.4 Å². The SMILES string of the molecule is CC.CC(C)c1cc(-c2ccncc2)cc(C(C)C)c1-n1ccnc1-c1ccccc1. The maximum atomic E-state index is 4.70. The summed E-state index contributed by atoms with van der Waals surface area (Å²) in [5.41, 5.74) is 7.48. The minimum atomic E-state index is 0.385. The maximum Gasteiger partial charge on any atom is 0.144 e. The molecule has 4 rings (SSSR count). The van der Waals surface area contributed by atoms with E-state index in [1.807, 2.05) is 38.5 Å².